The molecule has 0 saturated carbocycles. The Morgan fingerprint density at radius 3 is 2.26 bits per heavy atom. The summed E-state index contributed by atoms with van der Waals surface area (Å²) in [7, 11) is 0. The maximum Gasteiger partial charge on any atom is 0.416 e. The van der Waals surface area contributed by atoms with Gasteiger partial charge in [-0.3, -0.25) is 0 Å². The Morgan fingerprint density at radius 1 is 0.913 bits per heavy atom. The lowest BCUT2D eigenvalue weighted by Gasteiger charge is -2.13. The average Bonchev–Trinajstić information content (AvgIpc) is 2.47. The molecular formula is C17H9Cl2F3O. The first kappa shape index (κ1) is 16.1. The van der Waals surface area contributed by atoms with E-state index in [0.29, 0.717) is 43.4 Å². The van der Waals surface area contributed by atoms with Crippen LogP contribution in [-0.2, 0) is 17.4 Å². The third-order valence-electron chi connectivity index (χ3n) is 3.70. The third-order valence-corrected chi connectivity index (χ3v) is 4.23. The zero-order valence-corrected chi connectivity index (χ0v) is 13.1. The van der Waals surface area contributed by atoms with Gasteiger partial charge in [-0.15, -0.1) is 0 Å². The largest absolute Gasteiger partial charge is 0.416 e. The van der Waals surface area contributed by atoms with Gasteiger partial charge in [-0.05, 0) is 52.1 Å². The number of hydrogen-bond donors (Lipinski definition) is 0. The van der Waals surface area contributed by atoms with E-state index in [-0.39, 0.29) is 6.42 Å². The van der Waals surface area contributed by atoms with E-state index in [1.54, 1.807) is 12.1 Å². The van der Waals surface area contributed by atoms with Crippen molar-refractivity contribution in [3.8, 4) is 0 Å². The van der Waals surface area contributed by atoms with Crippen LogP contribution < -0.4 is 0 Å². The average molecular weight is 357 g/mol. The second-order valence-electron chi connectivity index (χ2n) is 5.15. The van der Waals surface area contributed by atoms with E-state index in [0.717, 1.165) is 12.1 Å². The van der Waals surface area contributed by atoms with Gasteiger partial charge in [0, 0.05) is 21.9 Å². The van der Waals surface area contributed by atoms with Crippen molar-refractivity contribution in [3.63, 3.8) is 0 Å². The minimum atomic E-state index is -4.45. The molecule has 3 rings (SSSR count). The van der Waals surface area contributed by atoms with Crippen molar-refractivity contribution in [2.45, 2.75) is 12.6 Å². The van der Waals surface area contributed by atoms with Crippen LogP contribution in [0, 0.1) is 0 Å². The van der Waals surface area contributed by atoms with Gasteiger partial charge in [0.25, 0.3) is 0 Å². The number of aldehydes is 1. The Balaban J connectivity index is 2.49. The summed E-state index contributed by atoms with van der Waals surface area (Å²) in [6.45, 7) is 0. The zero-order valence-electron chi connectivity index (χ0n) is 11.5. The lowest BCUT2D eigenvalue weighted by atomic mass is 9.94. The fraction of sp³-hybridized carbons (Fsp3) is 0.118. The predicted molar refractivity (Wildman–Crippen MR) is 86.2 cm³/mol. The van der Waals surface area contributed by atoms with Crippen molar-refractivity contribution in [1.29, 1.82) is 0 Å². The van der Waals surface area contributed by atoms with E-state index in [1.807, 2.05) is 0 Å². The summed E-state index contributed by atoms with van der Waals surface area (Å²) in [5, 5.41) is 2.72. The molecule has 1 nitrogen and oxygen atoms in total. The van der Waals surface area contributed by atoms with Crippen LogP contribution >= 0.6 is 23.2 Å². The van der Waals surface area contributed by atoms with Gasteiger partial charge >= 0.3 is 6.18 Å². The lowest BCUT2D eigenvalue weighted by molar-refractivity contribution is -0.137. The molecule has 0 unspecified atom stereocenters. The maximum atomic E-state index is 13.0. The van der Waals surface area contributed by atoms with Crippen molar-refractivity contribution in [1.82, 2.24) is 0 Å². The molecule has 0 aliphatic rings. The highest BCUT2D eigenvalue weighted by Gasteiger charge is 2.30. The summed E-state index contributed by atoms with van der Waals surface area (Å²) in [5.74, 6) is 0. The number of halogens is 5. The molecule has 118 valence electrons. The van der Waals surface area contributed by atoms with Crippen LogP contribution in [0.25, 0.3) is 21.5 Å². The SMILES string of the molecule is O=CCc1cc2c(Cl)cc(Cl)cc2c2cc(C(F)(F)F)ccc12. The van der Waals surface area contributed by atoms with Crippen LogP contribution in [0.2, 0.25) is 10.0 Å². The number of rotatable bonds is 2. The summed E-state index contributed by atoms with van der Waals surface area (Å²) in [4.78, 5) is 10.9. The van der Waals surface area contributed by atoms with Gasteiger partial charge in [0.2, 0.25) is 0 Å². The Bertz CT molecular complexity index is 933. The third kappa shape index (κ3) is 2.89. The first-order valence-corrected chi connectivity index (χ1v) is 7.42. The summed E-state index contributed by atoms with van der Waals surface area (Å²) < 4.78 is 39.0. The molecule has 23 heavy (non-hydrogen) atoms. The van der Waals surface area contributed by atoms with Gasteiger partial charge in [-0.25, -0.2) is 0 Å². The molecule has 3 aromatic carbocycles. The van der Waals surface area contributed by atoms with Crippen LogP contribution in [-0.4, -0.2) is 6.29 Å². The van der Waals surface area contributed by atoms with Crippen molar-refractivity contribution < 1.29 is 18.0 Å². The number of carbonyl (C=O) groups is 1. The van der Waals surface area contributed by atoms with E-state index >= 15 is 0 Å². The van der Waals surface area contributed by atoms with E-state index < -0.39 is 11.7 Å². The van der Waals surface area contributed by atoms with E-state index in [9.17, 15) is 18.0 Å². The highest BCUT2D eigenvalue weighted by Crippen LogP contribution is 2.38. The van der Waals surface area contributed by atoms with Crippen molar-refractivity contribution in [3.05, 3.63) is 57.6 Å². The monoisotopic (exact) mass is 356 g/mol. The number of fused-ring (bicyclic) bond motifs is 3. The highest BCUT2D eigenvalue weighted by molar-refractivity contribution is 6.39. The molecule has 0 amide bonds. The van der Waals surface area contributed by atoms with Crippen LogP contribution in [0.3, 0.4) is 0 Å². The first-order chi connectivity index (χ1) is 10.8. The van der Waals surface area contributed by atoms with E-state index in [2.05, 4.69) is 0 Å². The minimum Gasteiger partial charge on any atom is -0.303 e. The molecule has 0 N–H and O–H groups in total. The van der Waals surface area contributed by atoms with E-state index in [4.69, 9.17) is 23.2 Å². The number of carbonyl (C=O) groups excluding carboxylic acids is 1. The maximum absolute atomic E-state index is 13.0. The van der Waals surface area contributed by atoms with E-state index in [1.165, 1.54) is 12.1 Å². The molecule has 0 aliphatic carbocycles. The summed E-state index contributed by atoms with van der Waals surface area (Å²) in [6, 6.07) is 8.28. The number of alkyl halides is 3. The molecule has 0 atom stereocenters. The highest BCUT2D eigenvalue weighted by atomic mass is 35.5. The summed E-state index contributed by atoms with van der Waals surface area (Å²) in [6.07, 6.45) is -3.65. The summed E-state index contributed by atoms with van der Waals surface area (Å²) in [5.41, 5.74) is -0.133. The second-order valence-corrected chi connectivity index (χ2v) is 5.99. The quantitative estimate of drug-likeness (QED) is 0.402. The zero-order chi connectivity index (χ0) is 16.8. The molecule has 0 saturated heterocycles. The van der Waals surface area contributed by atoms with Crippen molar-refractivity contribution in [2.24, 2.45) is 0 Å². The molecule has 0 aliphatic heterocycles. The fourth-order valence-electron chi connectivity index (χ4n) is 2.69. The molecule has 0 radical (unpaired) electrons. The van der Waals surface area contributed by atoms with Gasteiger partial charge in [0.1, 0.15) is 6.29 Å². The lowest BCUT2D eigenvalue weighted by Crippen LogP contribution is -2.04. The smallest absolute Gasteiger partial charge is 0.303 e. The molecule has 0 fully saturated rings. The van der Waals surface area contributed by atoms with Gasteiger partial charge < -0.3 is 4.79 Å². The molecule has 0 heterocycles. The van der Waals surface area contributed by atoms with Crippen LogP contribution in [0.5, 0.6) is 0 Å². The molecule has 0 aromatic heterocycles. The van der Waals surface area contributed by atoms with Crippen LogP contribution in [0.4, 0.5) is 13.2 Å². The summed E-state index contributed by atoms with van der Waals surface area (Å²) >= 11 is 12.2. The normalized spacial score (nSPS) is 12.0. The second kappa shape index (κ2) is 5.69. The molecule has 0 bridgehead atoms. The van der Waals surface area contributed by atoms with Gasteiger partial charge in [-0.1, -0.05) is 29.3 Å². The molecular weight excluding hydrogens is 348 g/mol. The Labute approximate surface area is 139 Å². The van der Waals surface area contributed by atoms with Gasteiger partial charge in [0.15, 0.2) is 0 Å². The minimum absolute atomic E-state index is 0.0940. The van der Waals surface area contributed by atoms with Crippen molar-refractivity contribution in [2.75, 3.05) is 0 Å². The Morgan fingerprint density at radius 2 is 1.61 bits per heavy atom. The van der Waals surface area contributed by atoms with Gasteiger partial charge in [-0.2, -0.15) is 13.2 Å². The van der Waals surface area contributed by atoms with Gasteiger partial charge in [0.05, 0.1) is 5.56 Å². The number of benzene rings is 3. The topological polar surface area (TPSA) is 17.1 Å². The standard InChI is InChI=1S/C17H9Cl2F3O/c18-11-7-14-13-6-10(17(20,21)22)1-2-12(13)9(3-4-23)5-15(14)16(19)8-11/h1-2,4-8H,3H2. The van der Waals surface area contributed by atoms with Crippen LogP contribution in [0.1, 0.15) is 11.1 Å². The Hall–Kier alpha value is -1.78. The molecule has 6 heteroatoms. The predicted octanol–water partition coefficient (Wildman–Crippen LogP) is 6.06. The fourth-order valence-corrected chi connectivity index (χ4v) is 3.24. The van der Waals surface area contributed by atoms with Crippen LogP contribution in [0.15, 0.2) is 36.4 Å². The first-order valence-electron chi connectivity index (χ1n) is 6.66. The molecule has 0 spiro atoms. The Kier molecular flexibility index (Phi) is 3.98. The molecule has 3 aromatic rings. The number of hydrogen-bond acceptors (Lipinski definition) is 1. The van der Waals surface area contributed by atoms with Crippen molar-refractivity contribution >= 4 is 51.0 Å².